The minimum atomic E-state index is 0.0502. The van der Waals surface area contributed by atoms with E-state index in [1.807, 2.05) is 18.5 Å². The zero-order chi connectivity index (χ0) is 13.2. The van der Waals surface area contributed by atoms with Crippen molar-refractivity contribution in [2.75, 3.05) is 7.11 Å². The van der Waals surface area contributed by atoms with E-state index < -0.39 is 0 Å². The third kappa shape index (κ3) is 2.55. The molecule has 2 heterocycles. The first kappa shape index (κ1) is 12.7. The molecule has 0 bridgehead atoms. The van der Waals surface area contributed by atoms with Crippen molar-refractivity contribution in [2.24, 2.45) is 10.4 Å². The van der Waals surface area contributed by atoms with Crippen molar-refractivity contribution in [3.8, 4) is 0 Å². The lowest BCUT2D eigenvalue weighted by Gasteiger charge is -2.21. The molecule has 1 aliphatic rings. The van der Waals surface area contributed by atoms with Crippen molar-refractivity contribution < 1.29 is 4.74 Å². The van der Waals surface area contributed by atoms with Gasteiger partial charge in [0.15, 0.2) is 0 Å². The summed E-state index contributed by atoms with van der Waals surface area (Å²) < 4.78 is 5.40. The number of nitrogens with zero attached hydrogens (tertiary/aromatic N) is 1. The van der Waals surface area contributed by atoms with Gasteiger partial charge in [-0.2, -0.15) is 0 Å². The Morgan fingerprint density at radius 2 is 2.11 bits per heavy atom. The van der Waals surface area contributed by atoms with Crippen LogP contribution in [-0.4, -0.2) is 18.0 Å². The fraction of sp³-hybridized carbons (Fsp3) is 0.400. The van der Waals surface area contributed by atoms with Gasteiger partial charge in [-0.3, -0.25) is 0 Å². The maximum Gasteiger partial charge on any atom is 0.200 e. The first-order valence-electron chi connectivity index (χ1n) is 6.16. The molecule has 0 saturated carbocycles. The van der Waals surface area contributed by atoms with Crippen molar-refractivity contribution in [3.63, 3.8) is 0 Å². The quantitative estimate of drug-likeness (QED) is 0.804. The summed E-state index contributed by atoms with van der Waals surface area (Å²) in [7, 11) is 1.67. The summed E-state index contributed by atoms with van der Waals surface area (Å²) in [5, 5.41) is 0. The van der Waals surface area contributed by atoms with E-state index in [4.69, 9.17) is 4.74 Å². The van der Waals surface area contributed by atoms with E-state index in [0.717, 1.165) is 5.69 Å². The zero-order valence-corrected chi connectivity index (χ0v) is 11.4. The van der Waals surface area contributed by atoms with E-state index in [0.29, 0.717) is 5.90 Å². The van der Waals surface area contributed by atoms with Gasteiger partial charge in [0.1, 0.15) is 0 Å². The Kier molecular flexibility index (Phi) is 3.41. The van der Waals surface area contributed by atoms with E-state index in [1.54, 1.807) is 7.11 Å². The van der Waals surface area contributed by atoms with Crippen molar-refractivity contribution >= 4 is 5.90 Å². The standard InChI is InChI=1S/C15H20N2O/c1-15(2,3)11-7-9-17-14(18-4)12(10-11)13-6-5-8-16-13/h5-10,12,16H,1-4H3. The fourth-order valence-electron chi connectivity index (χ4n) is 2.02. The number of aromatic amines is 1. The molecule has 1 unspecified atom stereocenters. The van der Waals surface area contributed by atoms with Crippen LogP contribution in [0.15, 0.2) is 47.2 Å². The van der Waals surface area contributed by atoms with Gasteiger partial charge in [-0.15, -0.1) is 0 Å². The van der Waals surface area contributed by atoms with E-state index in [2.05, 4.69) is 49.0 Å². The summed E-state index contributed by atoms with van der Waals surface area (Å²) in [5.41, 5.74) is 2.46. The Balaban J connectivity index is 2.44. The van der Waals surface area contributed by atoms with E-state index in [1.165, 1.54) is 5.57 Å². The molecular weight excluding hydrogens is 224 g/mol. The van der Waals surface area contributed by atoms with Gasteiger partial charge in [0.25, 0.3) is 0 Å². The highest BCUT2D eigenvalue weighted by Gasteiger charge is 2.23. The number of methoxy groups -OCH3 is 1. The highest BCUT2D eigenvalue weighted by Crippen LogP contribution is 2.32. The Hall–Kier alpha value is -1.77. The molecule has 1 atom stereocenters. The minimum absolute atomic E-state index is 0.0502. The number of H-pyrrole nitrogens is 1. The van der Waals surface area contributed by atoms with Crippen LogP contribution in [0.5, 0.6) is 0 Å². The second-order valence-corrected chi connectivity index (χ2v) is 5.46. The number of aliphatic imine (C=N–C) groups is 1. The first-order chi connectivity index (χ1) is 8.52. The second kappa shape index (κ2) is 4.84. The van der Waals surface area contributed by atoms with Gasteiger partial charge in [-0.1, -0.05) is 26.8 Å². The van der Waals surface area contributed by atoms with Gasteiger partial charge in [-0.05, 0) is 29.2 Å². The molecule has 0 aliphatic carbocycles. The van der Waals surface area contributed by atoms with Crippen molar-refractivity contribution in [3.05, 3.63) is 47.9 Å². The van der Waals surface area contributed by atoms with E-state index in [9.17, 15) is 0 Å². The topological polar surface area (TPSA) is 37.4 Å². The van der Waals surface area contributed by atoms with E-state index >= 15 is 0 Å². The number of ether oxygens (including phenoxy) is 1. The molecule has 3 nitrogen and oxygen atoms in total. The van der Waals surface area contributed by atoms with Crippen LogP contribution in [0.4, 0.5) is 0 Å². The molecule has 2 rings (SSSR count). The minimum Gasteiger partial charge on any atom is -0.483 e. The van der Waals surface area contributed by atoms with Gasteiger partial charge in [-0.25, -0.2) is 4.99 Å². The first-order valence-corrected chi connectivity index (χ1v) is 6.16. The van der Waals surface area contributed by atoms with Crippen molar-refractivity contribution in [1.29, 1.82) is 0 Å². The highest BCUT2D eigenvalue weighted by atomic mass is 16.5. The summed E-state index contributed by atoms with van der Waals surface area (Å²) in [6.07, 6.45) is 8.02. The molecule has 0 fully saturated rings. The van der Waals surface area contributed by atoms with Crippen LogP contribution in [0.1, 0.15) is 32.4 Å². The lowest BCUT2D eigenvalue weighted by molar-refractivity contribution is 0.387. The summed E-state index contributed by atoms with van der Waals surface area (Å²) in [4.78, 5) is 7.62. The zero-order valence-electron chi connectivity index (χ0n) is 11.4. The molecule has 1 aromatic rings. The van der Waals surface area contributed by atoms with Crippen LogP contribution in [0, 0.1) is 5.41 Å². The lowest BCUT2D eigenvalue weighted by Crippen LogP contribution is -2.15. The third-order valence-electron chi connectivity index (χ3n) is 3.10. The molecule has 0 amide bonds. The number of allylic oxidation sites excluding steroid dienone is 2. The van der Waals surface area contributed by atoms with Crippen LogP contribution < -0.4 is 0 Å². The predicted octanol–water partition coefficient (Wildman–Crippen LogP) is 3.64. The molecule has 1 aliphatic heterocycles. The summed E-state index contributed by atoms with van der Waals surface area (Å²) in [5.74, 6) is 0.766. The lowest BCUT2D eigenvalue weighted by atomic mass is 9.84. The van der Waals surface area contributed by atoms with Crippen molar-refractivity contribution in [2.45, 2.75) is 26.7 Å². The van der Waals surface area contributed by atoms with Gasteiger partial charge in [0.2, 0.25) is 5.90 Å². The van der Waals surface area contributed by atoms with Gasteiger partial charge < -0.3 is 9.72 Å². The molecule has 3 heteroatoms. The summed E-state index contributed by atoms with van der Waals surface area (Å²) in [6, 6.07) is 4.05. The van der Waals surface area contributed by atoms with E-state index in [-0.39, 0.29) is 11.3 Å². The number of rotatable bonds is 1. The number of hydrogen-bond donors (Lipinski definition) is 1. The summed E-state index contributed by atoms with van der Waals surface area (Å²) >= 11 is 0. The highest BCUT2D eigenvalue weighted by molar-refractivity contribution is 5.86. The Morgan fingerprint density at radius 3 is 2.67 bits per heavy atom. The van der Waals surface area contributed by atoms with Crippen LogP contribution in [-0.2, 0) is 4.74 Å². The number of hydrogen-bond acceptors (Lipinski definition) is 2. The second-order valence-electron chi connectivity index (χ2n) is 5.46. The van der Waals surface area contributed by atoms with Gasteiger partial charge in [0, 0.05) is 18.1 Å². The monoisotopic (exact) mass is 244 g/mol. The van der Waals surface area contributed by atoms with Crippen LogP contribution >= 0.6 is 0 Å². The largest absolute Gasteiger partial charge is 0.483 e. The SMILES string of the molecule is COC1=NC=CC(C(C)(C)C)=CC1c1ccc[nH]1. The molecule has 0 radical (unpaired) electrons. The average Bonchev–Trinajstić information content (AvgIpc) is 2.73. The molecule has 0 saturated heterocycles. The summed E-state index contributed by atoms with van der Waals surface area (Å²) in [6.45, 7) is 6.60. The van der Waals surface area contributed by atoms with Crippen LogP contribution in [0.2, 0.25) is 0 Å². The molecule has 1 aromatic heterocycles. The Morgan fingerprint density at radius 1 is 1.33 bits per heavy atom. The average molecular weight is 244 g/mol. The maximum absolute atomic E-state index is 5.40. The maximum atomic E-state index is 5.40. The predicted molar refractivity (Wildman–Crippen MR) is 74.7 cm³/mol. The molecule has 0 spiro atoms. The molecule has 1 N–H and O–H groups in total. The smallest absolute Gasteiger partial charge is 0.200 e. The molecule has 96 valence electrons. The van der Waals surface area contributed by atoms with Crippen LogP contribution in [0.3, 0.4) is 0 Å². The van der Waals surface area contributed by atoms with Crippen molar-refractivity contribution in [1.82, 2.24) is 4.98 Å². The van der Waals surface area contributed by atoms with Gasteiger partial charge in [0.05, 0.1) is 13.0 Å². The third-order valence-corrected chi connectivity index (χ3v) is 3.10. The Bertz CT molecular complexity index is 487. The Labute approximate surface area is 108 Å². The fourth-order valence-corrected chi connectivity index (χ4v) is 2.02. The number of nitrogens with one attached hydrogen (secondary N) is 1. The van der Waals surface area contributed by atoms with Crippen LogP contribution in [0.25, 0.3) is 0 Å². The molecule has 0 aromatic carbocycles. The normalized spacial score (nSPS) is 20.1. The van der Waals surface area contributed by atoms with Gasteiger partial charge >= 0.3 is 0 Å². The number of aromatic nitrogens is 1. The molecule has 18 heavy (non-hydrogen) atoms. The molecular formula is C15H20N2O.